The zero-order chi connectivity index (χ0) is 23.3. The number of fused-ring (bicyclic) bond motifs is 1. The third-order valence-electron chi connectivity index (χ3n) is 4.95. The van der Waals surface area contributed by atoms with Crippen molar-refractivity contribution in [3.63, 3.8) is 0 Å². The van der Waals surface area contributed by atoms with Gasteiger partial charge in [0.1, 0.15) is 11.3 Å². The topological polar surface area (TPSA) is 138 Å². The number of benzene rings is 1. The van der Waals surface area contributed by atoms with E-state index in [-0.39, 0.29) is 23.3 Å². The van der Waals surface area contributed by atoms with Gasteiger partial charge in [0.25, 0.3) is 11.8 Å². The first-order valence-corrected chi connectivity index (χ1v) is 10.4. The van der Waals surface area contributed by atoms with Crippen LogP contribution in [0, 0.1) is 0 Å². The molecule has 168 valence electrons. The SMILES string of the molecule is O=C(Nc1ncc[nH]1)C1=c2nc(NC(=O)c3cccnc3Oc3ccccc3)[nH]c2=CC=CC1. The smallest absolute Gasteiger partial charge is 0.263 e. The van der Waals surface area contributed by atoms with Crippen molar-refractivity contribution in [3.8, 4) is 11.6 Å². The predicted molar refractivity (Wildman–Crippen MR) is 125 cm³/mol. The van der Waals surface area contributed by atoms with Crippen molar-refractivity contribution in [2.24, 2.45) is 0 Å². The van der Waals surface area contributed by atoms with Gasteiger partial charge in [-0.1, -0.05) is 30.4 Å². The monoisotopic (exact) mass is 453 g/mol. The molecule has 2 amide bonds. The van der Waals surface area contributed by atoms with Crippen LogP contribution in [-0.4, -0.2) is 36.7 Å². The average Bonchev–Trinajstić information content (AvgIpc) is 3.45. The number of pyridine rings is 1. The number of nitrogens with zero attached hydrogens (tertiary/aromatic N) is 3. The Labute approximate surface area is 193 Å². The number of aromatic nitrogens is 5. The van der Waals surface area contributed by atoms with E-state index in [1.54, 1.807) is 48.9 Å². The number of H-pyrrole nitrogens is 2. The van der Waals surface area contributed by atoms with Gasteiger partial charge < -0.3 is 14.7 Å². The summed E-state index contributed by atoms with van der Waals surface area (Å²) in [4.78, 5) is 44.4. The molecule has 0 atom stereocenters. The Balaban J connectivity index is 1.43. The third-order valence-corrected chi connectivity index (χ3v) is 4.95. The fraction of sp³-hybridized carbons (Fsp3) is 0.0417. The maximum absolute atomic E-state index is 13.0. The summed E-state index contributed by atoms with van der Waals surface area (Å²) in [6, 6.07) is 12.3. The van der Waals surface area contributed by atoms with E-state index < -0.39 is 5.91 Å². The molecule has 10 nitrogen and oxygen atoms in total. The summed E-state index contributed by atoms with van der Waals surface area (Å²) in [7, 11) is 0. The molecular formula is C24H19N7O3. The molecule has 10 heteroatoms. The van der Waals surface area contributed by atoms with E-state index in [1.165, 1.54) is 0 Å². The molecule has 3 aromatic heterocycles. The summed E-state index contributed by atoms with van der Waals surface area (Å²) in [6.45, 7) is 0. The molecular weight excluding hydrogens is 434 g/mol. The number of rotatable bonds is 6. The van der Waals surface area contributed by atoms with Crippen molar-refractivity contribution in [2.75, 3.05) is 10.6 Å². The molecule has 0 radical (unpaired) electrons. The van der Waals surface area contributed by atoms with Crippen LogP contribution in [0.15, 0.2) is 73.2 Å². The first-order chi connectivity index (χ1) is 16.7. The molecule has 1 aromatic carbocycles. The molecule has 0 saturated carbocycles. The van der Waals surface area contributed by atoms with E-state index >= 15 is 0 Å². The van der Waals surface area contributed by atoms with E-state index in [1.807, 2.05) is 30.4 Å². The van der Waals surface area contributed by atoms with E-state index in [0.717, 1.165) is 0 Å². The maximum Gasteiger partial charge on any atom is 0.263 e. The second kappa shape index (κ2) is 9.25. The van der Waals surface area contributed by atoms with Crippen LogP contribution in [-0.2, 0) is 4.79 Å². The number of anilines is 2. The number of ether oxygens (including phenoxy) is 1. The number of para-hydroxylation sites is 1. The molecule has 0 saturated heterocycles. The lowest BCUT2D eigenvalue weighted by atomic mass is 10.1. The maximum atomic E-state index is 13.0. The van der Waals surface area contributed by atoms with Gasteiger partial charge in [-0.2, -0.15) is 0 Å². The molecule has 34 heavy (non-hydrogen) atoms. The molecule has 0 fully saturated rings. The van der Waals surface area contributed by atoms with Crippen LogP contribution in [0.4, 0.5) is 11.9 Å². The Morgan fingerprint density at radius 1 is 0.941 bits per heavy atom. The molecule has 5 rings (SSSR count). The van der Waals surface area contributed by atoms with E-state index in [0.29, 0.717) is 34.4 Å². The number of amides is 2. The van der Waals surface area contributed by atoms with Gasteiger partial charge in [-0.05, 0) is 36.8 Å². The number of aromatic amines is 2. The van der Waals surface area contributed by atoms with Gasteiger partial charge in [-0.3, -0.25) is 20.2 Å². The summed E-state index contributed by atoms with van der Waals surface area (Å²) >= 11 is 0. The minimum atomic E-state index is -0.458. The average molecular weight is 453 g/mol. The number of imidazole rings is 2. The Bertz CT molecular complexity index is 1490. The molecule has 1 aliphatic carbocycles. The third kappa shape index (κ3) is 4.46. The fourth-order valence-electron chi connectivity index (χ4n) is 3.38. The van der Waals surface area contributed by atoms with E-state index in [4.69, 9.17) is 4.74 Å². The van der Waals surface area contributed by atoms with Crippen molar-refractivity contribution in [1.29, 1.82) is 0 Å². The summed E-state index contributed by atoms with van der Waals surface area (Å²) in [5.41, 5.74) is 0.671. The predicted octanol–water partition coefficient (Wildman–Crippen LogP) is 2.10. The molecule has 1 aliphatic rings. The quantitative estimate of drug-likeness (QED) is 0.353. The van der Waals surface area contributed by atoms with Gasteiger partial charge in [0.15, 0.2) is 0 Å². The van der Waals surface area contributed by atoms with E-state index in [2.05, 4.69) is 35.6 Å². The lowest BCUT2D eigenvalue weighted by molar-refractivity contribution is -0.111. The first-order valence-electron chi connectivity index (χ1n) is 10.4. The molecule has 0 aliphatic heterocycles. The van der Waals surface area contributed by atoms with Crippen LogP contribution in [0.25, 0.3) is 11.6 Å². The van der Waals surface area contributed by atoms with Crippen molar-refractivity contribution < 1.29 is 14.3 Å². The van der Waals surface area contributed by atoms with Crippen molar-refractivity contribution in [2.45, 2.75) is 6.42 Å². The lowest BCUT2D eigenvalue weighted by Gasteiger charge is -2.09. The van der Waals surface area contributed by atoms with Gasteiger partial charge in [0.2, 0.25) is 17.8 Å². The Morgan fingerprint density at radius 3 is 2.62 bits per heavy atom. The van der Waals surface area contributed by atoms with Gasteiger partial charge in [-0.15, -0.1) is 0 Å². The molecule has 4 aromatic rings. The highest BCUT2D eigenvalue weighted by Crippen LogP contribution is 2.23. The largest absolute Gasteiger partial charge is 0.438 e. The fourth-order valence-corrected chi connectivity index (χ4v) is 3.38. The summed E-state index contributed by atoms with van der Waals surface area (Å²) in [5, 5.41) is 6.48. The second-order valence-electron chi connectivity index (χ2n) is 7.24. The Kier molecular flexibility index (Phi) is 5.68. The highest BCUT2D eigenvalue weighted by atomic mass is 16.5. The van der Waals surface area contributed by atoms with Crippen LogP contribution in [0.3, 0.4) is 0 Å². The molecule has 3 heterocycles. The zero-order valence-electron chi connectivity index (χ0n) is 17.8. The molecule has 4 N–H and O–H groups in total. The van der Waals surface area contributed by atoms with Crippen molar-refractivity contribution in [3.05, 3.63) is 89.5 Å². The highest BCUT2D eigenvalue weighted by molar-refractivity contribution is 6.20. The van der Waals surface area contributed by atoms with Gasteiger partial charge in [0, 0.05) is 24.2 Å². The lowest BCUT2D eigenvalue weighted by Crippen LogP contribution is -2.31. The number of hydrogen-bond acceptors (Lipinski definition) is 6. The summed E-state index contributed by atoms with van der Waals surface area (Å²) < 4.78 is 5.78. The summed E-state index contributed by atoms with van der Waals surface area (Å²) in [6.07, 6.45) is 10.5. The van der Waals surface area contributed by atoms with Gasteiger partial charge in [0.05, 0.1) is 10.7 Å². The normalized spacial score (nSPS) is 12.3. The minimum absolute atomic E-state index is 0.166. The first kappa shape index (κ1) is 20.9. The number of nitrogens with one attached hydrogen (secondary N) is 4. The number of allylic oxidation sites excluding steroid dienone is 2. The van der Waals surface area contributed by atoms with E-state index in [9.17, 15) is 9.59 Å². The zero-order valence-corrected chi connectivity index (χ0v) is 17.8. The number of carbonyl (C=O) groups excluding carboxylic acids is 2. The van der Waals surface area contributed by atoms with Gasteiger partial charge in [-0.25, -0.2) is 15.0 Å². The standard InChI is InChI=1S/C24H19N7O3/c32-20(30-23-26-13-14-27-23)16-9-4-5-11-18-19(16)29-24(28-18)31-21(33)17-10-6-12-25-22(17)34-15-7-2-1-3-8-15/h1-8,10-14H,9H2,(H2,26,27,30,32)(H2,28,29,31,33). The van der Waals surface area contributed by atoms with Crippen LogP contribution in [0.1, 0.15) is 16.8 Å². The van der Waals surface area contributed by atoms with Crippen molar-refractivity contribution >= 4 is 35.4 Å². The molecule has 0 spiro atoms. The minimum Gasteiger partial charge on any atom is -0.438 e. The van der Waals surface area contributed by atoms with Crippen LogP contribution < -0.4 is 26.1 Å². The summed E-state index contributed by atoms with van der Waals surface area (Å²) in [5.74, 6) is 0.454. The van der Waals surface area contributed by atoms with Crippen molar-refractivity contribution in [1.82, 2.24) is 24.9 Å². The molecule has 0 unspecified atom stereocenters. The van der Waals surface area contributed by atoms with Gasteiger partial charge >= 0.3 is 0 Å². The van der Waals surface area contributed by atoms with Crippen LogP contribution in [0.2, 0.25) is 0 Å². The molecule has 0 bridgehead atoms. The van der Waals surface area contributed by atoms with Crippen LogP contribution in [0.5, 0.6) is 11.6 Å². The highest BCUT2D eigenvalue weighted by Gasteiger charge is 2.18. The second-order valence-corrected chi connectivity index (χ2v) is 7.24. The Hall–Kier alpha value is -4.99. The number of carbonyl (C=O) groups is 2. The number of hydrogen-bond donors (Lipinski definition) is 4. The van der Waals surface area contributed by atoms with Crippen LogP contribution >= 0.6 is 0 Å². The Morgan fingerprint density at radius 2 is 1.79 bits per heavy atom.